The number of hydrogen-bond acceptors (Lipinski definition) is 6. The predicted octanol–water partition coefficient (Wildman–Crippen LogP) is 5.19. The van der Waals surface area contributed by atoms with Crippen molar-refractivity contribution >= 4 is 23.0 Å². The van der Waals surface area contributed by atoms with Crippen LogP contribution in [0.15, 0.2) is 48.7 Å². The lowest BCUT2D eigenvalue weighted by Crippen LogP contribution is -2.39. The average Bonchev–Trinajstić information content (AvgIpc) is 2.73. The summed E-state index contributed by atoms with van der Waals surface area (Å²) in [6.07, 6.45) is 3.46. The van der Waals surface area contributed by atoms with Gasteiger partial charge in [-0.2, -0.15) is 0 Å². The molecule has 0 spiro atoms. The summed E-state index contributed by atoms with van der Waals surface area (Å²) < 4.78 is 5.42. The number of nitro groups is 1. The Kier molecular flexibility index (Phi) is 6.58. The van der Waals surface area contributed by atoms with Crippen molar-refractivity contribution in [2.75, 3.05) is 18.4 Å². The van der Waals surface area contributed by atoms with E-state index >= 15 is 0 Å². The van der Waals surface area contributed by atoms with Gasteiger partial charge in [-0.05, 0) is 51.3 Å². The number of aromatic nitrogens is 1. The van der Waals surface area contributed by atoms with Gasteiger partial charge in [0.05, 0.1) is 10.6 Å². The van der Waals surface area contributed by atoms with Crippen molar-refractivity contribution in [3.05, 3.63) is 70.0 Å². The number of nitrogens with zero attached hydrogens (tertiary/aromatic N) is 3. The number of anilines is 1. The Morgan fingerprint density at radius 2 is 2.00 bits per heavy atom. The minimum atomic E-state index is -0.545. The van der Waals surface area contributed by atoms with E-state index in [9.17, 15) is 14.9 Å². The second kappa shape index (κ2) is 9.16. The molecule has 0 fully saturated rings. The molecule has 31 heavy (non-hydrogen) atoms. The van der Waals surface area contributed by atoms with Gasteiger partial charge in [0.2, 0.25) is 0 Å². The number of pyridine rings is 1. The highest BCUT2D eigenvalue weighted by Crippen LogP contribution is 2.31. The third-order valence-corrected chi connectivity index (χ3v) is 4.94. The lowest BCUT2D eigenvalue weighted by molar-refractivity contribution is -0.384. The molecule has 2 heterocycles. The van der Waals surface area contributed by atoms with Gasteiger partial charge in [-0.1, -0.05) is 36.4 Å². The molecule has 1 aromatic carbocycles. The molecule has 0 bridgehead atoms. The summed E-state index contributed by atoms with van der Waals surface area (Å²) >= 11 is 0. The maximum atomic E-state index is 12.3. The summed E-state index contributed by atoms with van der Waals surface area (Å²) in [5.41, 5.74) is 2.44. The zero-order valence-electron chi connectivity index (χ0n) is 18.3. The van der Waals surface area contributed by atoms with E-state index in [-0.39, 0.29) is 17.8 Å². The van der Waals surface area contributed by atoms with E-state index in [0.717, 1.165) is 11.1 Å². The maximum Gasteiger partial charge on any atom is 0.410 e. The van der Waals surface area contributed by atoms with Crippen LogP contribution in [0, 0.1) is 10.1 Å². The van der Waals surface area contributed by atoms with Gasteiger partial charge in [-0.25, -0.2) is 9.78 Å². The van der Waals surface area contributed by atoms with E-state index < -0.39 is 10.5 Å². The van der Waals surface area contributed by atoms with Crippen LogP contribution in [0.2, 0.25) is 0 Å². The molecule has 8 nitrogen and oxygen atoms in total. The zero-order chi connectivity index (χ0) is 22.6. The van der Waals surface area contributed by atoms with Crippen LogP contribution in [-0.2, 0) is 4.74 Å². The fraction of sp³-hybridized carbons (Fsp3) is 0.391. The van der Waals surface area contributed by atoms with Crippen LogP contribution in [0.4, 0.5) is 16.2 Å². The average molecular weight is 425 g/mol. The molecule has 8 heteroatoms. The quantitative estimate of drug-likeness (QED) is 0.524. The van der Waals surface area contributed by atoms with Gasteiger partial charge in [0, 0.05) is 19.1 Å². The molecule has 1 aromatic heterocycles. The number of amides is 1. The molecule has 1 amide bonds. The third kappa shape index (κ3) is 5.81. The first-order chi connectivity index (χ1) is 14.6. The molecule has 2 aromatic rings. The smallest absolute Gasteiger partial charge is 0.410 e. The van der Waals surface area contributed by atoms with Crippen molar-refractivity contribution in [3.63, 3.8) is 0 Å². The van der Waals surface area contributed by atoms with E-state index in [1.807, 2.05) is 64.1 Å². The third-order valence-electron chi connectivity index (χ3n) is 4.94. The fourth-order valence-electron chi connectivity index (χ4n) is 3.34. The Morgan fingerprint density at radius 1 is 1.29 bits per heavy atom. The fourth-order valence-corrected chi connectivity index (χ4v) is 3.34. The Hall–Kier alpha value is -3.42. The summed E-state index contributed by atoms with van der Waals surface area (Å²) in [6.45, 7) is 8.37. The minimum absolute atomic E-state index is 0.0710. The van der Waals surface area contributed by atoms with E-state index in [2.05, 4.69) is 10.3 Å². The van der Waals surface area contributed by atoms with Gasteiger partial charge < -0.3 is 15.0 Å². The largest absolute Gasteiger partial charge is 0.444 e. The van der Waals surface area contributed by atoms with Crippen molar-refractivity contribution in [1.29, 1.82) is 0 Å². The Morgan fingerprint density at radius 3 is 2.58 bits per heavy atom. The van der Waals surface area contributed by atoms with E-state index in [1.54, 1.807) is 11.0 Å². The second-order valence-corrected chi connectivity index (χ2v) is 8.53. The van der Waals surface area contributed by atoms with Crippen LogP contribution in [0.1, 0.15) is 51.4 Å². The first kappa shape index (κ1) is 22.3. The van der Waals surface area contributed by atoms with E-state index in [4.69, 9.17) is 4.74 Å². The molecule has 1 atom stereocenters. The molecule has 164 valence electrons. The maximum absolute atomic E-state index is 12.3. The molecule has 0 aliphatic carbocycles. The zero-order valence-corrected chi connectivity index (χ0v) is 18.3. The lowest BCUT2D eigenvalue weighted by Gasteiger charge is -2.29. The van der Waals surface area contributed by atoms with E-state index in [1.165, 1.54) is 6.20 Å². The molecule has 0 radical (unpaired) electrons. The highest BCUT2D eigenvalue weighted by Gasteiger charge is 2.25. The number of hydrogen-bond donors (Lipinski definition) is 1. The van der Waals surface area contributed by atoms with Crippen LogP contribution < -0.4 is 5.32 Å². The molecule has 1 aliphatic rings. The van der Waals surface area contributed by atoms with Crippen LogP contribution >= 0.6 is 0 Å². The highest BCUT2D eigenvalue weighted by molar-refractivity contribution is 5.74. The van der Waals surface area contributed by atoms with Gasteiger partial charge in [0.25, 0.3) is 0 Å². The highest BCUT2D eigenvalue weighted by atomic mass is 16.6. The van der Waals surface area contributed by atoms with Crippen LogP contribution in [0.5, 0.6) is 0 Å². The number of rotatable bonds is 5. The second-order valence-electron chi connectivity index (χ2n) is 8.53. The standard InChI is InChI=1S/C23H28N4O4/c1-16(17-8-6-5-7-9-17)25-20-14-19(24-15-21(20)27(29)30)18-10-12-26(13-11-18)22(28)31-23(2,3)4/h5-10,14-16H,11-13H2,1-4H3,(H,24,25)/t16-/m0/s1. The Bertz CT molecular complexity index is 983. The molecule has 1 N–H and O–H groups in total. The molecule has 3 rings (SSSR count). The molecule has 0 saturated heterocycles. The number of carbonyl (C=O) groups is 1. The lowest BCUT2D eigenvalue weighted by atomic mass is 10.0. The van der Waals surface area contributed by atoms with Crippen molar-refractivity contribution in [2.24, 2.45) is 0 Å². The molecule has 0 saturated carbocycles. The monoisotopic (exact) mass is 424 g/mol. The van der Waals surface area contributed by atoms with Gasteiger partial charge in [-0.3, -0.25) is 10.1 Å². The van der Waals surface area contributed by atoms with Gasteiger partial charge in [0.1, 0.15) is 17.5 Å². The normalized spacial score (nSPS) is 15.1. The van der Waals surface area contributed by atoms with Crippen LogP contribution in [0.25, 0.3) is 5.57 Å². The van der Waals surface area contributed by atoms with Gasteiger partial charge in [0.15, 0.2) is 0 Å². The number of ether oxygens (including phenoxy) is 1. The topological polar surface area (TPSA) is 97.6 Å². The summed E-state index contributed by atoms with van der Waals surface area (Å²) in [5, 5.41) is 14.8. The number of benzene rings is 1. The van der Waals surface area contributed by atoms with Crippen molar-refractivity contribution in [3.8, 4) is 0 Å². The van der Waals surface area contributed by atoms with Crippen molar-refractivity contribution in [1.82, 2.24) is 9.88 Å². The summed E-state index contributed by atoms with van der Waals surface area (Å²) in [7, 11) is 0. The number of carbonyl (C=O) groups excluding carboxylic acids is 1. The minimum Gasteiger partial charge on any atom is -0.444 e. The summed E-state index contributed by atoms with van der Waals surface area (Å²) in [5.74, 6) is 0. The van der Waals surface area contributed by atoms with E-state index in [0.29, 0.717) is 30.9 Å². The van der Waals surface area contributed by atoms with Crippen LogP contribution in [0.3, 0.4) is 0 Å². The molecule has 1 aliphatic heterocycles. The first-order valence-electron chi connectivity index (χ1n) is 10.3. The molecular weight excluding hydrogens is 396 g/mol. The molecular formula is C23H28N4O4. The van der Waals surface area contributed by atoms with Gasteiger partial charge in [-0.15, -0.1) is 0 Å². The van der Waals surface area contributed by atoms with Crippen molar-refractivity contribution in [2.45, 2.75) is 45.8 Å². The SMILES string of the molecule is C[C@H](Nc1cc(C2=CCN(C(=O)OC(C)(C)C)CC2)ncc1[N+](=O)[O-])c1ccccc1. The first-order valence-corrected chi connectivity index (χ1v) is 10.3. The summed E-state index contributed by atoms with van der Waals surface area (Å²) in [4.78, 5) is 29.3. The van der Waals surface area contributed by atoms with Crippen molar-refractivity contribution < 1.29 is 14.5 Å². The molecule has 0 unspecified atom stereocenters. The summed E-state index contributed by atoms with van der Waals surface area (Å²) in [6, 6.07) is 11.3. The predicted molar refractivity (Wildman–Crippen MR) is 120 cm³/mol. The Labute approximate surface area is 182 Å². The van der Waals surface area contributed by atoms with Gasteiger partial charge >= 0.3 is 11.8 Å². The van der Waals surface area contributed by atoms with Crippen LogP contribution in [-0.4, -0.2) is 39.6 Å². The Balaban J connectivity index is 1.79. The number of nitrogens with one attached hydrogen (secondary N) is 1.